The first kappa shape index (κ1) is 18.1. The second kappa shape index (κ2) is 7.41. The second-order valence-electron chi connectivity index (χ2n) is 6.39. The number of rotatable bonds is 4. The molecule has 0 bridgehead atoms. The lowest BCUT2D eigenvalue weighted by atomic mass is 10.1. The van der Waals surface area contributed by atoms with Crippen molar-refractivity contribution in [3.63, 3.8) is 0 Å². The smallest absolute Gasteiger partial charge is 0.340 e. The van der Waals surface area contributed by atoms with Crippen molar-refractivity contribution in [2.24, 2.45) is 0 Å². The fraction of sp³-hybridized carbons (Fsp3) is 0.389. The minimum Gasteiger partial charge on any atom is -0.465 e. The van der Waals surface area contributed by atoms with Crippen LogP contribution in [0.4, 0.5) is 10.0 Å². The van der Waals surface area contributed by atoms with Gasteiger partial charge in [-0.25, -0.2) is 4.79 Å². The van der Waals surface area contributed by atoms with Gasteiger partial charge >= 0.3 is 5.97 Å². The number of carbonyl (C=O) groups is 3. The molecule has 2 aromatic rings. The van der Waals surface area contributed by atoms with Gasteiger partial charge in [0.15, 0.2) is 0 Å². The number of hydrogen-bond donors (Lipinski definition) is 0. The van der Waals surface area contributed by atoms with Crippen LogP contribution < -0.4 is 9.80 Å². The SMILES string of the molecule is COC(=O)c1ccsc1N1CCC(N2CCN(c3cccs3)C(=O)C2)C1=O. The summed E-state index contributed by atoms with van der Waals surface area (Å²) >= 11 is 2.90. The molecule has 2 fully saturated rings. The molecule has 0 aromatic carbocycles. The van der Waals surface area contributed by atoms with Crippen molar-refractivity contribution in [2.45, 2.75) is 12.5 Å². The summed E-state index contributed by atoms with van der Waals surface area (Å²) in [6, 6.07) is 5.21. The first-order valence-electron chi connectivity index (χ1n) is 8.65. The lowest BCUT2D eigenvalue weighted by molar-refractivity contribution is -0.126. The molecule has 2 aliphatic rings. The third kappa shape index (κ3) is 3.26. The normalized spacial score (nSPS) is 21.1. The van der Waals surface area contributed by atoms with E-state index in [2.05, 4.69) is 0 Å². The molecule has 2 aliphatic heterocycles. The van der Waals surface area contributed by atoms with E-state index in [1.807, 2.05) is 22.4 Å². The Morgan fingerprint density at radius 3 is 2.67 bits per heavy atom. The molecule has 0 spiro atoms. The van der Waals surface area contributed by atoms with E-state index >= 15 is 0 Å². The molecule has 9 heteroatoms. The zero-order valence-corrected chi connectivity index (χ0v) is 16.4. The maximum absolute atomic E-state index is 13.0. The summed E-state index contributed by atoms with van der Waals surface area (Å²) in [5.74, 6) is -0.483. The van der Waals surface area contributed by atoms with E-state index in [1.54, 1.807) is 32.6 Å². The quantitative estimate of drug-likeness (QED) is 0.728. The Bertz CT molecular complexity index is 864. The number of ether oxygens (including phenoxy) is 1. The van der Waals surface area contributed by atoms with E-state index in [9.17, 15) is 14.4 Å². The number of piperazine rings is 1. The fourth-order valence-electron chi connectivity index (χ4n) is 3.59. The van der Waals surface area contributed by atoms with Crippen molar-refractivity contribution in [1.29, 1.82) is 0 Å². The summed E-state index contributed by atoms with van der Waals surface area (Å²) in [7, 11) is 1.33. The Morgan fingerprint density at radius 1 is 1.11 bits per heavy atom. The lowest BCUT2D eigenvalue weighted by Gasteiger charge is -2.36. The summed E-state index contributed by atoms with van der Waals surface area (Å²) in [6.07, 6.45) is 0.642. The maximum atomic E-state index is 13.0. The molecular formula is C18H19N3O4S2. The number of carbonyl (C=O) groups excluding carboxylic acids is 3. The fourth-order valence-corrected chi connectivity index (χ4v) is 5.29. The molecule has 2 aromatic heterocycles. The van der Waals surface area contributed by atoms with Crippen molar-refractivity contribution in [3.8, 4) is 0 Å². The monoisotopic (exact) mass is 405 g/mol. The van der Waals surface area contributed by atoms with E-state index in [0.29, 0.717) is 36.6 Å². The summed E-state index contributed by atoms with van der Waals surface area (Å²) in [5, 5.41) is 5.30. The van der Waals surface area contributed by atoms with Crippen LogP contribution in [0, 0.1) is 0 Å². The van der Waals surface area contributed by atoms with Crippen molar-refractivity contribution in [2.75, 3.05) is 43.1 Å². The number of methoxy groups -OCH3 is 1. The highest BCUT2D eigenvalue weighted by molar-refractivity contribution is 7.15. The standard InChI is InChI=1S/C18H19N3O4S2/c1-25-18(24)12-5-10-27-17(12)21-6-4-13(16(21)23)19-7-8-20(14(22)11-19)15-3-2-9-26-15/h2-3,5,9-10,13H,4,6-8,11H2,1H3. The number of esters is 1. The summed E-state index contributed by atoms with van der Waals surface area (Å²) < 4.78 is 4.80. The number of amides is 2. The molecule has 1 unspecified atom stereocenters. The van der Waals surface area contributed by atoms with Crippen LogP contribution in [0.2, 0.25) is 0 Å². The van der Waals surface area contributed by atoms with Gasteiger partial charge in [-0.15, -0.1) is 22.7 Å². The maximum Gasteiger partial charge on any atom is 0.340 e. The Kier molecular flexibility index (Phi) is 4.98. The lowest BCUT2D eigenvalue weighted by Crippen LogP contribution is -2.55. The Labute approximate surface area is 164 Å². The molecule has 4 rings (SSSR count). The van der Waals surface area contributed by atoms with Crippen LogP contribution in [-0.2, 0) is 14.3 Å². The van der Waals surface area contributed by atoms with Gasteiger partial charge in [0.2, 0.25) is 11.8 Å². The summed E-state index contributed by atoms with van der Waals surface area (Å²) in [4.78, 5) is 42.9. The molecule has 1 atom stereocenters. The molecule has 4 heterocycles. The van der Waals surface area contributed by atoms with Gasteiger partial charge in [0.05, 0.1) is 30.3 Å². The van der Waals surface area contributed by atoms with Crippen molar-refractivity contribution in [1.82, 2.24) is 4.90 Å². The highest BCUT2D eigenvalue weighted by atomic mass is 32.1. The van der Waals surface area contributed by atoms with E-state index in [0.717, 1.165) is 5.00 Å². The van der Waals surface area contributed by atoms with Crippen molar-refractivity contribution >= 4 is 50.5 Å². The van der Waals surface area contributed by atoms with Crippen LogP contribution in [0.3, 0.4) is 0 Å². The van der Waals surface area contributed by atoms with Gasteiger partial charge in [0, 0.05) is 19.6 Å². The number of thiophene rings is 2. The number of anilines is 2. The van der Waals surface area contributed by atoms with Gasteiger partial charge in [0.1, 0.15) is 5.00 Å². The van der Waals surface area contributed by atoms with Crippen LogP contribution in [0.1, 0.15) is 16.8 Å². The molecule has 27 heavy (non-hydrogen) atoms. The predicted octanol–water partition coefficient (Wildman–Crippen LogP) is 2.05. The molecule has 7 nitrogen and oxygen atoms in total. The third-order valence-corrected chi connectivity index (χ3v) is 6.76. The van der Waals surface area contributed by atoms with Gasteiger partial charge in [-0.3, -0.25) is 14.5 Å². The molecule has 0 saturated carbocycles. The van der Waals surface area contributed by atoms with Gasteiger partial charge in [-0.05, 0) is 35.4 Å². The number of nitrogens with zero attached hydrogens (tertiary/aromatic N) is 3. The molecule has 142 valence electrons. The zero-order valence-electron chi connectivity index (χ0n) is 14.8. The van der Waals surface area contributed by atoms with Crippen molar-refractivity contribution < 1.29 is 19.1 Å². The molecule has 2 saturated heterocycles. The first-order chi connectivity index (χ1) is 13.1. The highest BCUT2D eigenvalue weighted by Crippen LogP contribution is 2.33. The van der Waals surface area contributed by atoms with Gasteiger partial charge in [-0.2, -0.15) is 0 Å². The number of hydrogen-bond acceptors (Lipinski definition) is 7. The minimum absolute atomic E-state index is 0.0151. The first-order valence-corrected chi connectivity index (χ1v) is 10.4. The molecular weight excluding hydrogens is 386 g/mol. The van der Waals surface area contributed by atoms with Crippen LogP contribution in [0.25, 0.3) is 0 Å². The van der Waals surface area contributed by atoms with E-state index in [1.165, 1.54) is 18.4 Å². The minimum atomic E-state index is -0.442. The van der Waals surface area contributed by atoms with E-state index in [-0.39, 0.29) is 24.4 Å². The van der Waals surface area contributed by atoms with Gasteiger partial charge in [-0.1, -0.05) is 0 Å². The van der Waals surface area contributed by atoms with Crippen LogP contribution in [-0.4, -0.2) is 62.0 Å². The largest absolute Gasteiger partial charge is 0.465 e. The third-order valence-electron chi connectivity index (χ3n) is 4.94. The van der Waals surface area contributed by atoms with E-state index in [4.69, 9.17) is 4.74 Å². The van der Waals surface area contributed by atoms with Gasteiger partial charge < -0.3 is 14.5 Å². The molecule has 0 radical (unpaired) electrons. The van der Waals surface area contributed by atoms with Crippen LogP contribution in [0.15, 0.2) is 29.0 Å². The van der Waals surface area contributed by atoms with E-state index < -0.39 is 5.97 Å². The topological polar surface area (TPSA) is 70.2 Å². The predicted molar refractivity (Wildman–Crippen MR) is 105 cm³/mol. The molecule has 0 aliphatic carbocycles. The van der Waals surface area contributed by atoms with Crippen LogP contribution >= 0.6 is 22.7 Å². The van der Waals surface area contributed by atoms with Crippen LogP contribution in [0.5, 0.6) is 0 Å². The second-order valence-corrected chi connectivity index (χ2v) is 8.21. The average molecular weight is 406 g/mol. The molecule has 2 amide bonds. The summed E-state index contributed by atoms with van der Waals surface area (Å²) in [5.41, 5.74) is 0.412. The average Bonchev–Trinajstić information content (AvgIpc) is 3.41. The Morgan fingerprint density at radius 2 is 1.96 bits per heavy atom. The zero-order chi connectivity index (χ0) is 19.0. The summed E-state index contributed by atoms with van der Waals surface area (Å²) in [6.45, 7) is 2.00. The molecule has 0 N–H and O–H groups in total. The Hall–Kier alpha value is -2.23. The highest BCUT2D eigenvalue weighted by Gasteiger charge is 2.41. The van der Waals surface area contributed by atoms with Gasteiger partial charge in [0.25, 0.3) is 0 Å². The Balaban J connectivity index is 1.46. The van der Waals surface area contributed by atoms with Crippen molar-refractivity contribution in [3.05, 3.63) is 34.5 Å².